The average molecular weight is 340 g/mol. The standard InChI is InChI=1S/C13H10F6N2O2/c1-23-8-5-6-7(21-9(8)12(14,15)16)3-2-4-11(6,10(20)22)13(17,18)19/h2-3,5H,4H2,1H3,(H2,20,22). The van der Waals surface area contributed by atoms with Crippen LogP contribution in [0.5, 0.6) is 5.75 Å². The van der Waals surface area contributed by atoms with Crippen molar-refractivity contribution in [2.24, 2.45) is 5.73 Å². The van der Waals surface area contributed by atoms with Crippen LogP contribution in [0.25, 0.3) is 6.08 Å². The molecule has 0 saturated heterocycles. The first-order valence-electron chi connectivity index (χ1n) is 6.15. The molecule has 1 aromatic rings. The molecule has 1 aromatic heterocycles. The number of alkyl halides is 6. The maximum Gasteiger partial charge on any atom is 0.437 e. The van der Waals surface area contributed by atoms with Crippen molar-refractivity contribution in [2.75, 3.05) is 7.11 Å². The van der Waals surface area contributed by atoms with Crippen LogP contribution < -0.4 is 10.5 Å². The number of halogens is 6. The molecule has 1 amide bonds. The van der Waals surface area contributed by atoms with Crippen LogP contribution in [0.2, 0.25) is 0 Å². The smallest absolute Gasteiger partial charge is 0.437 e. The highest BCUT2D eigenvalue weighted by atomic mass is 19.4. The number of methoxy groups -OCH3 is 1. The number of hydrogen-bond donors (Lipinski definition) is 1. The first kappa shape index (κ1) is 17.1. The molecule has 1 unspecified atom stereocenters. The number of carbonyl (C=O) groups is 1. The normalized spacial score (nSPS) is 21.0. The Hall–Kier alpha value is -2.26. The van der Waals surface area contributed by atoms with Crippen molar-refractivity contribution >= 4 is 12.0 Å². The molecular formula is C13H10F6N2O2. The molecule has 1 aliphatic carbocycles. The van der Waals surface area contributed by atoms with Gasteiger partial charge in [0.1, 0.15) is 5.75 Å². The lowest BCUT2D eigenvalue weighted by Gasteiger charge is -2.35. The van der Waals surface area contributed by atoms with Crippen molar-refractivity contribution in [3.63, 3.8) is 0 Å². The largest absolute Gasteiger partial charge is 0.494 e. The summed E-state index contributed by atoms with van der Waals surface area (Å²) in [5, 5.41) is 0. The van der Waals surface area contributed by atoms with Crippen LogP contribution in [0.1, 0.15) is 23.4 Å². The molecule has 126 valence electrons. The van der Waals surface area contributed by atoms with Crippen LogP contribution in [0, 0.1) is 0 Å². The van der Waals surface area contributed by atoms with Gasteiger partial charge >= 0.3 is 12.4 Å². The topological polar surface area (TPSA) is 65.2 Å². The highest BCUT2D eigenvalue weighted by molar-refractivity contribution is 5.90. The zero-order valence-electron chi connectivity index (χ0n) is 11.5. The number of nitrogens with two attached hydrogens (primary N) is 1. The molecular weight excluding hydrogens is 330 g/mol. The van der Waals surface area contributed by atoms with Crippen LogP contribution in [0.3, 0.4) is 0 Å². The number of hydrogen-bond acceptors (Lipinski definition) is 3. The minimum absolute atomic E-state index is 0.521. The van der Waals surface area contributed by atoms with Crippen LogP contribution in [-0.4, -0.2) is 24.2 Å². The number of aromatic nitrogens is 1. The molecule has 4 nitrogen and oxygen atoms in total. The Morgan fingerprint density at radius 2 is 1.91 bits per heavy atom. The Morgan fingerprint density at radius 3 is 2.35 bits per heavy atom. The first-order valence-corrected chi connectivity index (χ1v) is 6.15. The number of allylic oxidation sites excluding steroid dienone is 1. The number of primary amides is 1. The van der Waals surface area contributed by atoms with Gasteiger partial charge < -0.3 is 10.5 Å². The molecule has 10 heteroatoms. The number of amides is 1. The SMILES string of the molecule is COc1cc2c(nc1C(F)(F)F)C=CCC2(C(N)=O)C(F)(F)F. The van der Waals surface area contributed by atoms with Gasteiger partial charge in [-0.05, 0) is 18.6 Å². The van der Waals surface area contributed by atoms with Gasteiger partial charge in [-0.25, -0.2) is 4.98 Å². The summed E-state index contributed by atoms with van der Waals surface area (Å²) in [6, 6.07) is 0.521. The lowest BCUT2D eigenvalue weighted by atomic mass is 9.72. The summed E-state index contributed by atoms with van der Waals surface area (Å²) in [7, 11) is 0.858. The Balaban J connectivity index is 2.83. The van der Waals surface area contributed by atoms with Crippen molar-refractivity contribution in [3.8, 4) is 5.75 Å². The number of pyridine rings is 1. The van der Waals surface area contributed by atoms with E-state index in [0.717, 1.165) is 19.3 Å². The summed E-state index contributed by atoms with van der Waals surface area (Å²) in [4.78, 5) is 14.7. The Morgan fingerprint density at radius 1 is 1.30 bits per heavy atom. The van der Waals surface area contributed by atoms with E-state index in [4.69, 9.17) is 5.73 Å². The fraction of sp³-hybridized carbons (Fsp3) is 0.385. The first-order chi connectivity index (χ1) is 10.4. The molecule has 0 radical (unpaired) electrons. The summed E-state index contributed by atoms with van der Waals surface area (Å²) in [6.45, 7) is 0. The van der Waals surface area contributed by atoms with E-state index < -0.39 is 52.8 Å². The van der Waals surface area contributed by atoms with E-state index in [0.29, 0.717) is 6.07 Å². The van der Waals surface area contributed by atoms with E-state index in [1.165, 1.54) is 0 Å². The summed E-state index contributed by atoms with van der Waals surface area (Å²) < 4.78 is 83.6. The third-order valence-electron chi connectivity index (χ3n) is 3.57. The second-order valence-electron chi connectivity index (χ2n) is 4.84. The van der Waals surface area contributed by atoms with Crippen molar-refractivity contribution in [2.45, 2.75) is 24.2 Å². The summed E-state index contributed by atoms with van der Waals surface area (Å²) in [5.41, 5.74) is -1.08. The van der Waals surface area contributed by atoms with E-state index in [-0.39, 0.29) is 0 Å². The Kier molecular flexibility index (Phi) is 3.82. The van der Waals surface area contributed by atoms with E-state index >= 15 is 0 Å². The van der Waals surface area contributed by atoms with Crippen LogP contribution >= 0.6 is 0 Å². The molecule has 1 heterocycles. The molecule has 2 N–H and O–H groups in total. The quantitative estimate of drug-likeness (QED) is 0.842. The van der Waals surface area contributed by atoms with Gasteiger partial charge in [-0.2, -0.15) is 26.3 Å². The van der Waals surface area contributed by atoms with Gasteiger partial charge in [0.15, 0.2) is 11.1 Å². The van der Waals surface area contributed by atoms with Gasteiger partial charge in [-0.1, -0.05) is 6.08 Å². The minimum Gasteiger partial charge on any atom is -0.494 e. The molecule has 23 heavy (non-hydrogen) atoms. The van der Waals surface area contributed by atoms with Crippen molar-refractivity contribution < 1.29 is 35.9 Å². The van der Waals surface area contributed by atoms with Gasteiger partial charge in [0.2, 0.25) is 5.91 Å². The number of fused-ring (bicyclic) bond motifs is 1. The van der Waals surface area contributed by atoms with Gasteiger partial charge in [0.25, 0.3) is 0 Å². The summed E-state index contributed by atoms with van der Waals surface area (Å²) >= 11 is 0. The maximum atomic E-state index is 13.5. The highest BCUT2D eigenvalue weighted by Crippen LogP contribution is 2.49. The number of ether oxygens (including phenoxy) is 1. The Bertz CT molecular complexity index is 680. The molecule has 0 saturated carbocycles. The van der Waals surface area contributed by atoms with E-state index in [9.17, 15) is 31.1 Å². The second-order valence-corrected chi connectivity index (χ2v) is 4.84. The number of rotatable bonds is 2. The number of nitrogens with zero attached hydrogens (tertiary/aromatic N) is 1. The van der Waals surface area contributed by atoms with Gasteiger partial charge in [0.05, 0.1) is 12.8 Å². The average Bonchev–Trinajstić information content (AvgIpc) is 2.42. The van der Waals surface area contributed by atoms with E-state index in [1.807, 2.05) is 0 Å². The molecule has 0 aliphatic heterocycles. The fourth-order valence-corrected chi connectivity index (χ4v) is 2.44. The van der Waals surface area contributed by atoms with Gasteiger partial charge in [-0.3, -0.25) is 4.79 Å². The molecule has 0 fully saturated rings. The third-order valence-corrected chi connectivity index (χ3v) is 3.57. The monoisotopic (exact) mass is 340 g/mol. The lowest BCUT2D eigenvalue weighted by molar-refractivity contribution is -0.193. The minimum atomic E-state index is -5.11. The van der Waals surface area contributed by atoms with Gasteiger partial charge in [-0.15, -0.1) is 0 Å². The third kappa shape index (κ3) is 2.51. The van der Waals surface area contributed by atoms with Crippen molar-refractivity contribution in [1.29, 1.82) is 0 Å². The molecule has 0 bridgehead atoms. The van der Waals surface area contributed by atoms with Crippen LogP contribution in [0.15, 0.2) is 12.1 Å². The number of carbonyl (C=O) groups excluding carboxylic acids is 1. The predicted molar refractivity (Wildman–Crippen MR) is 66.4 cm³/mol. The molecule has 1 atom stereocenters. The molecule has 1 aliphatic rings. The summed E-state index contributed by atoms with van der Waals surface area (Å²) in [6.07, 6.45) is -8.96. The highest BCUT2D eigenvalue weighted by Gasteiger charge is 2.62. The maximum absolute atomic E-state index is 13.5. The zero-order chi connectivity index (χ0) is 17.6. The molecule has 0 spiro atoms. The van der Waals surface area contributed by atoms with Crippen molar-refractivity contribution in [1.82, 2.24) is 4.98 Å². The predicted octanol–water partition coefficient (Wildman–Crippen LogP) is 2.81. The van der Waals surface area contributed by atoms with Crippen LogP contribution in [-0.2, 0) is 16.4 Å². The lowest BCUT2D eigenvalue weighted by Crippen LogP contribution is -2.53. The van der Waals surface area contributed by atoms with Gasteiger partial charge in [0, 0.05) is 5.56 Å². The molecule has 2 rings (SSSR count). The zero-order valence-corrected chi connectivity index (χ0v) is 11.5. The van der Waals surface area contributed by atoms with E-state index in [1.54, 1.807) is 0 Å². The molecule has 0 aromatic carbocycles. The Labute approximate surface area is 125 Å². The fourth-order valence-electron chi connectivity index (χ4n) is 2.44. The van der Waals surface area contributed by atoms with Crippen LogP contribution in [0.4, 0.5) is 26.3 Å². The van der Waals surface area contributed by atoms with E-state index in [2.05, 4.69) is 9.72 Å². The summed E-state index contributed by atoms with van der Waals surface area (Å²) in [5.74, 6) is -2.64. The second kappa shape index (κ2) is 5.14. The van der Waals surface area contributed by atoms with Crippen molar-refractivity contribution in [3.05, 3.63) is 29.1 Å².